The summed E-state index contributed by atoms with van der Waals surface area (Å²) in [4.78, 5) is 8.11. The summed E-state index contributed by atoms with van der Waals surface area (Å²) in [5.74, 6) is 1.63. The molecular formula is C10H9Cl3N4O. The first kappa shape index (κ1) is 13.4. The van der Waals surface area contributed by atoms with Gasteiger partial charge in [0.1, 0.15) is 11.0 Å². The second-order valence-corrected chi connectivity index (χ2v) is 4.68. The van der Waals surface area contributed by atoms with Crippen molar-refractivity contribution in [1.29, 1.82) is 0 Å². The molecular weight excluding hydrogens is 298 g/mol. The van der Waals surface area contributed by atoms with Crippen LogP contribution in [0, 0.1) is 6.92 Å². The van der Waals surface area contributed by atoms with Crippen molar-refractivity contribution in [1.82, 2.24) is 15.1 Å². The molecule has 8 heteroatoms. The third-order valence-electron chi connectivity index (χ3n) is 2.09. The van der Waals surface area contributed by atoms with Gasteiger partial charge in [-0.2, -0.15) is 4.98 Å². The molecule has 0 saturated heterocycles. The van der Waals surface area contributed by atoms with Crippen molar-refractivity contribution in [3.05, 3.63) is 33.0 Å². The number of hydrogen-bond donors (Lipinski definition) is 1. The SMILES string of the molecule is Cc1noc(CCNc2nc(Cl)c(Cl)cc2Cl)n1. The third kappa shape index (κ3) is 3.25. The maximum absolute atomic E-state index is 5.97. The first-order chi connectivity index (χ1) is 8.56. The van der Waals surface area contributed by atoms with Crippen LogP contribution in [0.1, 0.15) is 11.7 Å². The maximum atomic E-state index is 5.97. The Morgan fingerprint density at radius 3 is 2.67 bits per heavy atom. The normalized spacial score (nSPS) is 10.7. The monoisotopic (exact) mass is 306 g/mol. The molecule has 0 aliphatic rings. The fraction of sp³-hybridized carbons (Fsp3) is 0.300. The van der Waals surface area contributed by atoms with Gasteiger partial charge in [0.2, 0.25) is 5.89 Å². The first-order valence-electron chi connectivity index (χ1n) is 5.11. The van der Waals surface area contributed by atoms with Crippen LogP contribution >= 0.6 is 34.8 Å². The first-order valence-corrected chi connectivity index (χ1v) is 6.24. The molecule has 2 aromatic heterocycles. The lowest BCUT2D eigenvalue weighted by Gasteiger charge is -2.07. The summed E-state index contributed by atoms with van der Waals surface area (Å²) in [6, 6.07) is 1.54. The molecule has 1 N–H and O–H groups in total. The van der Waals surface area contributed by atoms with Crippen LogP contribution in [0.2, 0.25) is 15.2 Å². The van der Waals surface area contributed by atoms with E-state index in [0.717, 1.165) is 0 Å². The van der Waals surface area contributed by atoms with Crippen LogP contribution in [0.5, 0.6) is 0 Å². The van der Waals surface area contributed by atoms with Crippen molar-refractivity contribution in [2.45, 2.75) is 13.3 Å². The molecule has 0 aliphatic heterocycles. The van der Waals surface area contributed by atoms with Crippen molar-refractivity contribution in [3.63, 3.8) is 0 Å². The predicted molar refractivity (Wildman–Crippen MR) is 70.5 cm³/mol. The van der Waals surface area contributed by atoms with Crippen molar-refractivity contribution < 1.29 is 4.52 Å². The van der Waals surface area contributed by atoms with Gasteiger partial charge in [0, 0.05) is 13.0 Å². The van der Waals surface area contributed by atoms with E-state index in [4.69, 9.17) is 39.3 Å². The molecule has 2 aromatic rings. The number of nitrogens with zero attached hydrogens (tertiary/aromatic N) is 3. The minimum Gasteiger partial charge on any atom is -0.368 e. The van der Waals surface area contributed by atoms with Gasteiger partial charge >= 0.3 is 0 Å². The average Bonchev–Trinajstić information content (AvgIpc) is 2.71. The highest BCUT2D eigenvalue weighted by Gasteiger charge is 2.08. The van der Waals surface area contributed by atoms with Gasteiger partial charge in [0.05, 0.1) is 10.0 Å². The zero-order valence-corrected chi connectivity index (χ0v) is 11.6. The number of aromatic nitrogens is 3. The lowest BCUT2D eigenvalue weighted by atomic mass is 10.4. The Hall–Kier alpha value is -1.04. The zero-order chi connectivity index (χ0) is 13.1. The van der Waals surface area contributed by atoms with Crippen molar-refractivity contribution in [3.8, 4) is 0 Å². The fourth-order valence-corrected chi connectivity index (χ4v) is 1.86. The summed E-state index contributed by atoms with van der Waals surface area (Å²) in [5.41, 5.74) is 0. The molecule has 0 fully saturated rings. The molecule has 0 spiro atoms. The van der Waals surface area contributed by atoms with E-state index in [9.17, 15) is 0 Å². The summed E-state index contributed by atoms with van der Waals surface area (Å²) in [5, 5.41) is 7.65. The third-order valence-corrected chi connectivity index (χ3v) is 3.05. The number of nitrogens with one attached hydrogen (secondary N) is 1. The van der Waals surface area contributed by atoms with E-state index in [0.29, 0.717) is 40.5 Å². The lowest BCUT2D eigenvalue weighted by molar-refractivity contribution is 0.377. The smallest absolute Gasteiger partial charge is 0.228 e. The Labute approximate surface area is 118 Å². The quantitative estimate of drug-likeness (QED) is 0.877. The van der Waals surface area contributed by atoms with Gasteiger partial charge in [-0.05, 0) is 13.0 Å². The Kier molecular flexibility index (Phi) is 4.27. The second-order valence-electron chi connectivity index (χ2n) is 3.50. The highest BCUT2D eigenvalue weighted by molar-refractivity contribution is 6.42. The summed E-state index contributed by atoms with van der Waals surface area (Å²) in [7, 11) is 0. The Bertz CT molecular complexity index is 558. The van der Waals surface area contributed by atoms with Crippen LogP contribution in [0.4, 0.5) is 5.82 Å². The molecule has 0 radical (unpaired) electrons. The van der Waals surface area contributed by atoms with Gasteiger partial charge < -0.3 is 9.84 Å². The number of rotatable bonds is 4. The molecule has 0 bridgehead atoms. The zero-order valence-electron chi connectivity index (χ0n) is 9.38. The van der Waals surface area contributed by atoms with Gasteiger partial charge in [-0.1, -0.05) is 40.0 Å². The maximum Gasteiger partial charge on any atom is 0.228 e. The van der Waals surface area contributed by atoms with Gasteiger partial charge in [-0.3, -0.25) is 0 Å². The Morgan fingerprint density at radius 2 is 2.00 bits per heavy atom. The molecule has 0 aromatic carbocycles. The van der Waals surface area contributed by atoms with E-state index in [1.165, 1.54) is 6.07 Å². The minimum absolute atomic E-state index is 0.206. The number of anilines is 1. The van der Waals surface area contributed by atoms with Crippen molar-refractivity contribution in [2.75, 3.05) is 11.9 Å². The van der Waals surface area contributed by atoms with Crippen LogP contribution in [0.3, 0.4) is 0 Å². The van der Waals surface area contributed by atoms with Crippen molar-refractivity contribution >= 4 is 40.6 Å². The topological polar surface area (TPSA) is 63.8 Å². The molecule has 0 atom stereocenters. The minimum atomic E-state index is 0.206. The van der Waals surface area contributed by atoms with E-state index in [2.05, 4.69) is 20.4 Å². The highest BCUT2D eigenvalue weighted by atomic mass is 35.5. The van der Waals surface area contributed by atoms with Gasteiger partial charge in [0.15, 0.2) is 5.82 Å². The van der Waals surface area contributed by atoms with E-state index in [1.807, 2.05) is 0 Å². The van der Waals surface area contributed by atoms with Crippen LogP contribution in [0.25, 0.3) is 0 Å². The van der Waals surface area contributed by atoms with E-state index in [-0.39, 0.29) is 5.15 Å². The summed E-state index contributed by atoms with van der Waals surface area (Å²) >= 11 is 17.5. The predicted octanol–water partition coefficient (Wildman–Crippen LogP) is 3.39. The van der Waals surface area contributed by atoms with Crippen molar-refractivity contribution in [2.24, 2.45) is 0 Å². The molecule has 0 aliphatic carbocycles. The standard InChI is InChI=1S/C10H9Cl3N4O/c1-5-15-8(18-17-5)2-3-14-10-7(12)4-6(11)9(13)16-10/h4H,2-3H2,1H3,(H,14,16). The number of halogens is 3. The summed E-state index contributed by atoms with van der Waals surface area (Å²) in [6.45, 7) is 2.31. The molecule has 0 unspecified atom stereocenters. The van der Waals surface area contributed by atoms with E-state index in [1.54, 1.807) is 6.92 Å². The largest absolute Gasteiger partial charge is 0.368 e. The van der Waals surface area contributed by atoms with Crippen LogP contribution in [0.15, 0.2) is 10.6 Å². The number of hydrogen-bond acceptors (Lipinski definition) is 5. The molecule has 18 heavy (non-hydrogen) atoms. The number of pyridine rings is 1. The highest BCUT2D eigenvalue weighted by Crippen LogP contribution is 2.28. The van der Waals surface area contributed by atoms with E-state index < -0.39 is 0 Å². The van der Waals surface area contributed by atoms with Crippen LogP contribution in [-0.2, 0) is 6.42 Å². The lowest BCUT2D eigenvalue weighted by Crippen LogP contribution is -2.07. The molecule has 96 valence electrons. The summed E-state index contributed by atoms with van der Waals surface area (Å²) < 4.78 is 4.97. The van der Waals surface area contributed by atoms with Gasteiger partial charge in [-0.15, -0.1) is 0 Å². The average molecular weight is 308 g/mol. The van der Waals surface area contributed by atoms with Gasteiger partial charge in [0.25, 0.3) is 0 Å². The Balaban J connectivity index is 1.96. The second kappa shape index (κ2) is 5.73. The Morgan fingerprint density at radius 1 is 1.22 bits per heavy atom. The van der Waals surface area contributed by atoms with Crippen LogP contribution in [-0.4, -0.2) is 21.7 Å². The molecule has 0 saturated carbocycles. The van der Waals surface area contributed by atoms with Gasteiger partial charge in [-0.25, -0.2) is 4.98 Å². The van der Waals surface area contributed by atoms with E-state index >= 15 is 0 Å². The molecule has 5 nitrogen and oxygen atoms in total. The summed E-state index contributed by atoms with van der Waals surface area (Å²) in [6.07, 6.45) is 0.569. The van der Waals surface area contributed by atoms with Crippen LogP contribution < -0.4 is 5.32 Å². The molecule has 0 amide bonds. The molecule has 2 rings (SSSR count). The molecule has 2 heterocycles. The number of aryl methyl sites for hydroxylation is 1. The fourth-order valence-electron chi connectivity index (χ4n) is 1.30.